The van der Waals surface area contributed by atoms with Crippen LogP contribution in [0.3, 0.4) is 0 Å². The van der Waals surface area contributed by atoms with E-state index in [0.717, 1.165) is 40.1 Å². The quantitative estimate of drug-likeness (QED) is 0.318. The molecule has 0 N–H and O–H groups in total. The standard InChI is InChI=1S/C32H34BrClFN7O2/c1-20(33)31(43)42-14-13-41(17-23(42)9-11-36)30-25-10-12-40(28-8-4-6-21-5-3-7-26(34)29(21)28)18-27(25)37-32(38-30)44-19-24-15-22(35)16-39(24)2/h3-8,22-24H,1,9-10,12-19H2,2H3/t22-,23+,24+/m1/s1. The molecule has 2 fully saturated rings. The Labute approximate surface area is 270 Å². The van der Waals surface area contributed by atoms with Crippen molar-refractivity contribution in [1.29, 1.82) is 5.26 Å². The lowest BCUT2D eigenvalue weighted by atomic mass is 10.0. The van der Waals surface area contributed by atoms with E-state index < -0.39 is 6.17 Å². The van der Waals surface area contributed by atoms with Gasteiger partial charge in [0.25, 0.3) is 5.91 Å². The van der Waals surface area contributed by atoms with Crippen molar-refractivity contribution in [2.24, 2.45) is 0 Å². The van der Waals surface area contributed by atoms with Gasteiger partial charge >= 0.3 is 6.01 Å². The number of nitrogens with zero attached hydrogens (tertiary/aromatic N) is 7. The Morgan fingerprint density at radius 1 is 1.16 bits per heavy atom. The number of likely N-dealkylation sites (tertiary alicyclic amines) is 1. The molecule has 6 rings (SSSR count). The predicted octanol–water partition coefficient (Wildman–Crippen LogP) is 5.11. The molecule has 0 unspecified atom stereocenters. The largest absolute Gasteiger partial charge is 0.462 e. The maximum atomic E-state index is 14.1. The second kappa shape index (κ2) is 12.9. The van der Waals surface area contributed by atoms with Gasteiger partial charge in [-0.2, -0.15) is 15.2 Å². The zero-order valence-corrected chi connectivity index (χ0v) is 26.9. The van der Waals surface area contributed by atoms with Crippen LogP contribution in [0.5, 0.6) is 6.01 Å². The Balaban J connectivity index is 1.34. The number of benzene rings is 2. The van der Waals surface area contributed by atoms with Gasteiger partial charge in [-0.25, -0.2) is 4.39 Å². The van der Waals surface area contributed by atoms with E-state index in [9.17, 15) is 14.4 Å². The summed E-state index contributed by atoms with van der Waals surface area (Å²) in [6, 6.07) is 14.2. The number of rotatable bonds is 7. The summed E-state index contributed by atoms with van der Waals surface area (Å²) in [5, 5.41) is 12.3. The number of hydrogen-bond acceptors (Lipinski definition) is 8. The molecule has 12 heteroatoms. The smallest absolute Gasteiger partial charge is 0.318 e. The van der Waals surface area contributed by atoms with Gasteiger partial charge in [0.2, 0.25) is 0 Å². The number of ether oxygens (including phenoxy) is 1. The number of likely N-dealkylation sites (N-methyl/N-ethyl adjacent to an activating group) is 1. The molecule has 0 bridgehead atoms. The molecule has 4 heterocycles. The summed E-state index contributed by atoms with van der Waals surface area (Å²) in [5.74, 6) is 0.548. The monoisotopic (exact) mass is 681 g/mol. The molecule has 44 heavy (non-hydrogen) atoms. The maximum Gasteiger partial charge on any atom is 0.318 e. The number of halogens is 3. The van der Waals surface area contributed by atoms with E-state index in [0.29, 0.717) is 50.6 Å². The third-order valence-electron chi connectivity index (χ3n) is 8.84. The van der Waals surface area contributed by atoms with Crippen LogP contribution in [-0.4, -0.2) is 90.3 Å². The summed E-state index contributed by atoms with van der Waals surface area (Å²) in [4.78, 5) is 30.7. The molecule has 3 aromatic rings. The minimum absolute atomic E-state index is 0.0608. The lowest BCUT2D eigenvalue weighted by molar-refractivity contribution is -0.128. The van der Waals surface area contributed by atoms with Crippen molar-refractivity contribution < 1.29 is 13.9 Å². The van der Waals surface area contributed by atoms with Crippen LogP contribution < -0.4 is 14.5 Å². The highest BCUT2D eigenvalue weighted by Crippen LogP contribution is 2.37. The molecule has 9 nitrogen and oxygen atoms in total. The Morgan fingerprint density at radius 2 is 1.95 bits per heavy atom. The summed E-state index contributed by atoms with van der Waals surface area (Å²) in [7, 11) is 1.90. The number of nitriles is 1. The number of carbonyl (C=O) groups excluding carboxylic acids is 1. The average molecular weight is 683 g/mol. The molecular weight excluding hydrogens is 649 g/mol. The maximum absolute atomic E-state index is 14.1. The lowest BCUT2D eigenvalue weighted by Crippen LogP contribution is -2.55. The van der Waals surface area contributed by atoms with E-state index in [1.165, 1.54) is 0 Å². The first-order valence-corrected chi connectivity index (χ1v) is 16.0. The Bertz CT molecular complexity index is 1630. The highest BCUT2D eigenvalue weighted by Gasteiger charge is 2.35. The highest BCUT2D eigenvalue weighted by molar-refractivity contribution is 9.12. The van der Waals surface area contributed by atoms with Gasteiger partial charge in [0.1, 0.15) is 18.6 Å². The van der Waals surface area contributed by atoms with Gasteiger partial charge in [-0.15, -0.1) is 0 Å². The average Bonchev–Trinajstić information content (AvgIpc) is 3.35. The third kappa shape index (κ3) is 6.08. The van der Waals surface area contributed by atoms with Gasteiger partial charge in [-0.05, 0) is 53.3 Å². The van der Waals surface area contributed by atoms with E-state index >= 15 is 0 Å². The molecule has 2 aromatic carbocycles. The molecule has 1 amide bonds. The Hall–Kier alpha value is -3.46. The highest BCUT2D eigenvalue weighted by atomic mass is 79.9. The number of piperazine rings is 1. The van der Waals surface area contributed by atoms with Crippen LogP contribution in [-0.2, 0) is 17.8 Å². The zero-order valence-electron chi connectivity index (χ0n) is 24.6. The van der Waals surface area contributed by atoms with Crippen LogP contribution in [0.2, 0.25) is 5.02 Å². The van der Waals surface area contributed by atoms with E-state index in [2.05, 4.69) is 56.6 Å². The molecular formula is C32H34BrClFN7O2. The van der Waals surface area contributed by atoms with Gasteiger partial charge in [0, 0.05) is 55.4 Å². The molecule has 2 saturated heterocycles. The molecule has 3 aliphatic heterocycles. The minimum atomic E-state index is -0.874. The Kier molecular flexibility index (Phi) is 8.94. The van der Waals surface area contributed by atoms with E-state index in [1.807, 2.05) is 30.1 Å². The molecule has 0 aliphatic carbocycles. The zero-order chi connectivity index (χ0) is 31.0. The van der Waals surface area contributed by atoms with E-state index in [-0.39, 0.29) is 41.5 Å². The van der Waals surface area contributed by atoms with Crippen LogP contribution >= 0.6 is 27.5 Å². The van der Waals surface area contributed by atoms with Crippen molar-refractivity contribution in [3.05, 3.63) is 63.7 Å². The van der Waals surface area contributed by atoms with E-state index in [4.69, 9.17) is 26.3 Å². The van der Waals surface area contributed by atoms with E-state index in [1.54, 1.807) is 4.90 Å². The van der Waals surface area contributed by atoms with Crippen LogP contribution in [0.15, 0.2) is 47.5 Å². The minimum Gasteiger partial charge on any atom is -0.462 e. The molecule has 3 atom stereocenters. The first kappa shape index (κ1) is 30.6. The number of aromatic nitrogens is 2. The SMILES string of the molecule is C=C(Br)C(=O)N1CCN(c2nc(OC[C@@H]3C[C@@H](F)CN3C)nc3c2CCN(c2cccc4cccc(Cl)c24)C3)C[C@@H]1CC#N. The normalized spacial score (nSPS) is 22.2. The molecule has 0 radical (unpaired) electrons. The Morgan fingerprint density at radius 3 is 2.68 bits per heavy atom. The van der Waals surface area contributed by atoms with Gasteiger partial charge < -0.3 is 19.4 Å². The summed E-state index contributed by atoms with van der Waals surface area (Å²) in [6.45, 7) is 7.09. The number of hydrogen-bond donors (Lipinski definition) is 0. The predicted molar refractivity (Wildman–Crippen MR) is 173 cm³/mol. The molecule has 0 spiro atoms. The van der Waals surface area contributed by atoms with Gasteiger partial charge in [0.05, 0.1) is 40.3 Å². The van der Waals surface area contributed by atoms with Crippen molar-refractivity contribution in [3.63, 3.8) is 0 Å². The van der Waals surface area contributed by atoms with Gasteiger partial charge in [-0.3, -0.25) is 9.69 Å². The second-order valence-corrected chi connectivity index (χ2v) is 13.0. The van der Waals surface area contributed by atoms with Crippen LogP contribution in [0.1, 0.15) is 24.1 Å². The van der Waals surface area contributed by atoms with Gasteiger partial charge in [-0.1, -0.05) is 42.4 Å². The van der Waals surface area contributed by atoms with Crippen LogP contribution in [0.4, 0.5) is 15.9 Å². The topological polar surface area (TPSA) is 88.8 Å². The summed E-state index contributed by atoms with van der Waals surface area (Å²) >= 11 is 9.89. The fraction of sp³-hybridized carbons (Fsp3) is 0.438. The van der Waals surface area contributed by atoms with Crippen molar-refractivity contribution in [3.8, 4) is 12.1 Å². The van der Waals surface area contributed by atoms with Crippen LogP contribution in [0.25, 0.3) is 10.8 Å². The van der Waals surface area contributed by atoms with Crippen LogP contribution in [0, 0.1) is 11.3 Å². The molecule has 230 valence electrons. The number of alkyl halides is 1. The molecule has 1 aromatic heterocycles. The van der Waals surface area contributed by atoms with Gasteiger partial charge in [0.15, 0.2) is 0 Å². The van der Waals surface area contributed by atoms with Crippen molar-refractivity contribution >= 4 is 55.7 Å². The lowest BCUT2D eigenvalue weighted by Gasteiger charge is -2.42. The molecule has 0 saturated carbocycles. The third-order valence-corrected chi connectivity index (χ3v) is 9.49. The fourth-order valence-corrected chi connectivity index (χ4v) is 7.09. The number of anilines is 2. The number of carbonyl (C=O) groups is 1. The van der Waals surface area contributed by atoms with Crippen molar-refractivity contribution in [2.45, 2.75) is 44.1 Å². The number of amides is 1. The number of fused-ring (bicyclic) bond motifs is 2. The molecule has 3 aliphatic rings. The first-order valence-electron chi connectivity index (χ1n) is 14.8. The van der Waals surface area contributed by atoms with Crippen molar-refractivity contribution in [2.75, 3.05) is 56.2 Å². The van der Waals surface area contributed by atoms with Crippen molar-refractivity contribution in [1.82, 2.24) is 19.8 Å². The summed E-state index contributed by atoms with van der Waals surface area (Å²) < 4.78 is 20.5. The fourth-order valence-electron chi connectivity index (χ4n) is 6.59. The second-order valence-electron chi connectivity index (χ2n) is 11.6. The summed E-state index contributed by atoms with van der Waals surface area (Å²) in [6.07, 6.45) is 0.421. The summed E-state index contributed by atoms with van der Waals surface area (Å²) in [5.41, 5.74) is 2.92. The first-order chi connectivity index (χ1) is 21.2.